The van der Waals surface area contributed by atoms with Crippen molar-refractivity contribution in [2.24, 2.45) is 0 Å². The van der Waals surface area contributed by atoms with Gasteiger partial charge in [-0.2, -0.15) is 0 Å². The number of nitrogens with zero attached hydrogens (tertiary/aromatic N) is 2. The summed E-state index contributed by atoms with van der Waals surface area (Å²) in [5, 5.41) is 7.57. The van der Waals surface area contributed by atoms with Gasteiger partial charge in [0.1, 0.15) is 17.0 Å². The molecule has 6 heteroatoms. The minimum Gasteiger partial charge on any atom is -0.339 e. The maximum atomic E-state index is 12.7. The van der Waals surface area contributed by atoms with Crippen LogP contribution in [0, 0.1) is 6.92 Å². The van der Waals surface area contributed by atoms with Crippen molar-refractivity contribution in [3.63, 3.8) is 0 Å². The highest BCUT2D eigenvalue weighted by Crippen LogP contribution is 2.39. The summed E-state index contributed by atoms with van der Waals surface area (Å²) in [4.78, 5) is 24.3. The molecule has 0 saturated carbocycles. The average molecular weight is 415 g/mol. The zero-order chi connectivity index (χ0) is 20.5. The van der Waals surface area contributed by atoms with Crippen LogP contribution in [-0.4, -0.2) is 15.9 Å². The fourth-order valence-electron chi connectivity index (χ4n) is 3.94. The number of amides is 1. The van der Waals surface area contributed by atoms with Gasteiger partial charge < -0.3 is 10.6 Å². The summed E-state index contributed by atoms with van der Waals surface area (Å²) < 4.78 is 0. The van der Waals surface area contributed by atoms with Crippen LogP contribution in [0.5, 0.6) is 0 Å². The van der Waals surface area contributed by atoms with Gasteiger partial charge in [-0.25, -0.2) is 9.97 Å². The number of aromatic nitrogens is 2. The first kappa shape index (κ1) is 18.8. The molecule has 2 N–H and O–H groups in total. The number of anilines is 3. The highest BCUT2D eigenvalue weighted by molar-refractivity contribution is 7.19. The van der Waals surface area contributed by atoms with Crippen LogP contribution in [0.4, 0.5) is 17.2 Å². The molecular weight excluding hydrogens is 392 g/mol. The van der Waals surface area contributed by atoms with Gasteiger partial charge in [0.2, 0.25) is 0 Å². The molecule has 0 aliphatic heterocycles. The Kier molecular flexibility index (Phi) is 4.93. The number of rotatable bonds is 4. The molecule has 0 unspecified atom stereocenters. The molecule has 0 atom stereocenters. The minimum atomic E-state index is -0.134. The Morgan fingerprint density at radius 3 is 2.73 bits per heavy atom. The van der Waals surface area contributed by atoms with Gasteiger partial charge in [0.25, 0.3) is 5.91 Å². The van der Waals surface area contributed by atoms with Crippen molar-refractivity contribution >= 4 is 44.7 Å². The number of hydrogen-bond donors (Lipinski definition) is 2. The second-order valence-corrected chi connectivity index (χ2v) is 8.67. The number of carbonyl (C=O) groups excluding carboxylic acids is 1. The van der Waals surface area contributed by atoms with Crippen LogP contribution in [0.15, 0.2) is 54.9 Å². The lowest BCUT2D eigenvalue weighted by molar-refractivity contribution is 0.102. The van der Waals surface area contributed by atoms with E-state index in [1.54, 1.807) is 17.7 Å². The van der Waals surface area contributed by atoms with Crippen molar-refractivity contribution in [3.05, 3.63) is 76.4 Å². The van der Waals surface area contributed by atoms with Crippen molar-refractivity contribution in [2.75, 3.05) is 10.6 Å². The number of benzene rings is 2. The molecule has 1 aliphatic rings. The summed E-state index contributed by atoms with van der Waals surface area (Å²) in [6.45, 7) is 2.03. The molecule has 150 valence electrons. The molecular formula is C24H22N4OS. The van der Waals surface area contributed by atoms with E-state index in [0.717, 1.165) is 45.8 Å². The molecule has 5 rings (SSSR count). The van der Waals surface area contributed by atoms with E-state index in [0.29, 0.717) is 5.56 Å². The largest absolute Gasteiger partial charge is 0.339 e. The third-order valence-electron chi connectivity index (χ3n) is 5.54. The predicted molar refractivity (Wildman–Crippen MR) is 123 cm³/mol. The molecule has 0 saturated heterocycles. The number of carbonyl (C=O) groups is 1. The summed E-state index contributed by atoms with van der Waals surface area (Å²) in [7, 11) is 0. The number of hydrogen-bond acceptors (Lipinski definition) is 5. The van der Waals surface area contributed by atoms with Gasteiger partial charge in [-0.05, 0) is 68.0 Å². The van der Waals surface area contributed by atoms with Crippen LogP contribution in [-0.2, 0) is 12.8 Å². The highest BCUT2D eigenvalue weighted by atomic mass is 32.1. The van der Waals surface area contributed by atoms with Gasteiger partial charge in [-0.1, -0.05) is 24.3 Å². The van der Waals surface area contributed by atoms with Crippen molar-refractivity contribution in [3.8, 4) is 0 Å². The molecule has 4 aromatic rings. The van der Waals surface area contributed by atoms with Crippen LogP contribution >= 0.6 is 11.3 Å². The maximum Gasteiger partial charge on any atom is 0.255 e. The van der Waals surface area contributed by atoms with Gasteiger partial charge in [-0.3, -0.25) is 4.79 Å². The zero-order valence-electron chi connectivity index (χ0n) is 16.7. The van der Waals surface area contributed by atoms with Crippen LogP contribution < -0.4 is 10.6 Å². The molecule has 0 spiro atoms. The van der Waals surface area contributed by atoms with Crippen molar-refractivity contribution in [1.29, 1.82) is 0 Å². The van der Waals surface area contributed by atoms with Crippen LogP contribution in [0.1, 0.15) is 39.2 Å². The minimum absolute atomic E-state index is 0.134. The van der Waals surface area contributed by atoms with Crippen molar-refractivity contribution < 1.29 is 4.79 Å². The standard InChI is InChI=1S/C24H22N4OS/c1-15-11-12-16(23(29)27-17-7-3-2-4-8-17)13-19(15)28-22-21-18-9-5-6-10-20(18)30-24(21)26-14-25-22/h2-4,7-8,11-14H,5-6,9-10H2,1H3,(H,27,29)(H,25,26,28). The van der Waals surface area contributed by atoms with E-state index in [-0.39, 0.29) is 5.91 Å². The molecule has 5 nitrogen and oxygen atoms in total. The topological polar surface area (TPSA) is 66.9 Å². The number of thiophene rings is 1. The zero-order valence-corrected chi connectivity index (χ0v) is 17.6. The summed E-state index contributed by atoms with van der Waals surface area (Å²) >= 11 is 1.78. The van der Waals surface area contributed by atoms with Gasteiger partial charge in [0.15, 0.2) is 0 Å². The third kappa shape index (κ3) is 3.55. The Morgan fingerprint density at radius 2 is 1.87 bits per heavy atom. The second-order valence-electron chi connectivity index (χ2n) is 7.59. The number of aryl methyl sites for hydroxylation is 3. The summed E-state index contributed by atoms with van der Waals surface area (Å²) in [6, 6.07) is 15.2. The van der Waals surface area contributed by atoms with Crippen molar-refractivity contribution in [2.45, 2.75) is 32.6 Å². The Bertz CT molecular complexity index is 1230. The Morgan fingerprint density at radius 1 is 1.03 bits per heavy atom. The fraction of sp³-hybridized carbons (Fsp3) is 0.208. The van der Waals surface area contributed by atoms with E-state index < -0.39 is 0 Å². The fourth-order valence-corrected chi connectivity index (χ4v) is 5.16. The lowest BCUT2D eigenvalue weighted by Crippen LogP contribution is -2.12. The van der Waals surface area contributed by atoms with E-state index in [1.165, 1.54) is 23.3 Å². The molecule has 1 amide bonds. The smallest absolute Gasteiger partial charge is 0.255 e. The predicted octanol–water partition coefficient (Wildman–Crippen LogP) is 5.87. The molecule has 1 aliphatic carbocycles. The third-order valence-corrected chi connectivity index (χ3v) is 6.74. The van der Waals surface area contributed by atoms with E-state index in [9.17, 15) is 4.79 Å². The lowest BCUT2D eigenvalue weighted by Gasteiger charge is -2.14. The first-order valence-corrected chi connectivity index (χ1v) is 11.0. The molecule has 30 heavy (non-hydrogen) atoms. The Balaban J connectivity index is 1.47. The van der Waals surface area contributed by atoms with Crippen LogP contribution in [0.2, 0.25) is 0 Å². The van der Waals surface area contributed by atoms with E-state index >= 15 is 0 Å². The van der Waals surface area contributed by atoms with E-state index in [2.05, 4.69) is 20.6 Å². The van der Waals surface area contributed by atoms with E-state index in [4.69, 9.17) is 0 Å². The first-order valence-electron chi connectivity index (χ1n) is 10.2. The first-order chi connectivity index (χ1) is 14.7. The van der Waals surface area contributed by atoms with Gasteiger partial charge >= 0.3 is 0 Å². The normalized spacial score (nSPS) is 13.1. The Hall–Kier alpha value is -3.25. The summed E-state index contributed by atoms with van der Waals surface area (Å²) in [5.41, 5.74) is 4.71. The molecule has 0 bridgehead atoms. The van der Waals surface area contributed by atoms with Crippen LogP contribution in [0.3, 0.4) is 0 Å². The second kappa shape index (κ2) is 7.88. The van der Waals surface area contributed by atoms with E-state index in [1.807, 2.05) is 55.5 Å². The van der Waals surface area contributed by atoms with Gasteiger partial charge in [0.05, 0.1) is 5.39 Å². The maximum absolute atomic E-state index is 12.7. The molecule has 0 radical (unpaired) electrons. The Labute approximate surface area is 179 Å². The average Bonchev–Trinajstić information content (AvgIpc) is 3.15. The van der Waals surface area contributed by atoms with Gasteiger partial charge in [0, 0.05) is 21.8 Å². The number of fused-ring (bicyclic) bond motifs is 3. The molecule has 2 aromatic heterocycles. The summed E-state index contributed by atoms with van der Waals surface area (Å²) in [6.07, 6.45) is 6.28. The van der Waals surface area contributed by atoms with Crippen molar-refractivity contribution in [1.82, 2.24) is 9.97 Å². The monoisotopic (exact) mass is 414 g/mol. The number of para-hydroxylation sites is 1. The van der Waals surface area contributed by atoms with Gasteiger partial charge in [-0.15, -0.1) is 11.3 Å². The number of nitrogens with one attached hydrogen (secondary N) is 2. The molecule has 2 aromatic carbocycles. The SMILES string of the molecule is Cc1ccc(C(=O)Nc2ccccc2)cc1Nc1ncnc2sc3c(c12)CCCC3. The molecule has 2 heterocycles. The highest BCUT2D eigenvalue weighted by Gasteiger charge is 2.20. The quantitative estimate of drug-likeness (QED) is 0.438. The molecule has 0 fully saturated rings. The lowest BCUT2D eigenvalue weighted by atomic mass is 9.97. The van der Waals surface area contributed by atoms with Crippen LogP contribution in [0.25, 0.3) is 10.2 Å². The summed E-state index contributed by atoms with van der Waals surface area (Å²) in [5.74, 6) is 0.688.